The molecule has 2 aliphatic rings. The van der Waals surface area contributed by atoms with Crippen LogP contribution in [0.25, 0.3) is 0 Å². The van der Waals surface area contributed by atoms with Crippen LogP contribution in [0.2, 0.25) is 0 Å². The highest BCUT2D eigenvalue weighted by Gasteiger charge is 2.29. The van der Waals surface area contributed by atoms with Crippen molar-refractivity contribution in [3.05, 3.63) is 35.6 Å². The minimum atomic E-state index is -0.242. The lowest BCUT2D eigenvalue weighted by Crippen LogP contribution is -2.51. The molecular weight excluding hydrogens is 498 g/mol. The predicted molar refractivity (Wildman–Crippen MR) is 128 cm³/mol. The smallest absolute Gasteiger partial charge is 0.222 e. The fraction of sp³-hybridized carbons (Fsp3) is 0.636. The molecule has 0 saturated carbocycles. The van der Waals surface area contributed by atoms with Crippen molar-refractivity contribution in [3.63, 3.8) is 0 Å². The maximum absolute atomic E-state index is 13.3. The molecule has 1 aromatic carbocycles. The zero-order valence-corrected chi connectivity index (χ0v) is 20.5. The van der Waals surface area contributed by atoms with E-state index in [2.05, 4.69) is 22.1 Å². The normalized spacial score (nSPS) is 23.3. The minimum Gasteiger partial charge on any atom is -0.367 e. The van der Waals surface area contributed by atoms with Gasteiger partial charge >= 0.3 is 0 Å². The van der Waals surface area contributed by atoms with Gasteiger partial charge in [0, 0.05) is 39.1 Å². The van der Waals surface area contributed by atoms with Crippen molar-refractivity contribution in [2.24, 2.45) is 4.99 Å². The van der Waals surface area contributed by atoms with Crippen molar-refractivity contribution in [2.75, 3.05) is 33.2 Å². The number of likely N-dealkylation sites (tertiary alicyclic amines) is 1. The molecule has 0 aliphatic carbocycles. The molecular formula is C22H34FIN4O2. The van der Waals surface area contributed by atoms with Gasteiger partial charge in [-0.25, -0.2) is 4.39 Å². The Kier molecular flexibility index (Phi) is 9.80. The van der Waals surface area contributed by atoms with Gasteiger partial charge < -0.3 is 19.9 Å². The van der Waals surface area contributed by atoms with Gasteiger partial charge in [0.1, 0.15) is 11.9 Å². The molecule has 0 aromatic heterocycles. The van der Waals surface area contributed by atoms with E-state index in [9.17, 15) is 9.18 Å². The summed E-state index contributed by atoms with van der Waals surface area (Å²) in [4.78, 5) is 20.7. The molecule has 2 heterocycles. The fourth-order valence-electron chi connectivity index (χ4n) is 4.30. The van der Waals surface area contributed by atoms with E-state index in [1.54, 1.807) is 19.2 Å². The van der Waals surface area contributed by atoms with E-state index in [0.29, 0.717) is 13.0 Å². The van der Waals surface area contributed by atoms with E-state index in [0.717, 1.165) is 50.4 Å². The number of benzene rings is 1. The molecule has 2 aliphatic heterocycles. The van der Waals surface area contributed by atoms with Gasteiger partial charge in [-0.15, -0.1) is 24.0 Å². The lowest BCUT2D eigenvalue weighted by atomic mass is 10.1. The van der Waals surface area contributed by atoms with Gasteiger partial charge in [0.15, 0.2) is 5.96 Å². The molecule has 0 bridgehead atoms. The zero-order valence-electron chi connectivity index (χ0n) is 18.1. The number of morpholine rings is 1. The minimum absolute atomic E-state index is 0. The van der Waals surface area contributed by atoms with Crippen molar-refractivity contribution in [1.82, 2.24) is 15.1 Å². The quantitative estimate of drug-likeness (QED) is 0.346. The number of guanidine groups is 1. The average molecular weight is 532 g/mol. The van der Waals surface area contributed by atoms with E-state index in [-0.39, 0.29) is 54.0 Å². The maximum Gasteiger partial charge on any atom is 0.222 e. The third kappa shape index (κ3) is 6.29. The summed E-state index contributed by atoms with van der Waals surface area (Å²) in [6, 6.07) is 6.79. The van der Waals surface area contributed by atoms with E-state index in [1.165, 1.54) is 12.1 Å². The van der Waals surface area contributed by atoms with Crippen LogP contribution in [0.1, 0.15) is 51.2 Å². The SMILES string of the molecule is CCC(CCNC(=NC)N1CC(C)OC(c2ccc(F)cc2)C1)N1CCCC1=O.I. The van der Waals surface area contributed by atoms with Crippen LogP contribution in [0.5, 0.6) is 0 Å². The first-order valence-electron chi connectivity index (χ1n) is 10.7. The molecule has 1 N–H and O–H groups in total. The Hall–Kier alpha value is -1.42. The summed E-state index contributed by atoms with van der Waals surface area (Å²) in [5.41, 5.74) is 0.969. The lowest BCUT2D eigenvalue weighted by Gasteiger charge is -2.39. The molecule has 1 amide bonds. The summed E-state index contributed by atoms with van der Waals surface area (Å²) in [7, 11) is 1.79. The predicted octanol–water partition coefficient (Wildman–Crippen LogP) is 3.57. The number of amides is 1. The summed E-state index contributed by atoms with van der Waals surface area (Å²) in [6.45, 7) is 7.25. The Morgan fingerprint density at radius 2 is 2.07 bits per heavy atom. The Morgan fingerprint density at radius 1 is 1.33 bits per heavy atom. The highest BCUT2D eigenvalue weighted by molar-refractivity contribution is 14.0. The van der Waals surface area contributed by atoms with Crippen LogP contribution in [0.15, 0.2) is 29.3 Å². The molecule has 8 heteroatoms. The van der Waals surface area contributed by atoms with Crippen molar-refractivity contribution >= 4 is 35.8 Å². The first-order valence-corrected chi connectivity index (χ1v) is 10.7. The topological polar surface area (TPSA) is 57.2 Å². The highest BCUT2D eigenvalue weighted by Crippen LogP contribution is 2.25. The van der Waals surface area contributed by atoms with Crippen molar-refractivity contribution < 1.29 is 13.9 Å². The van der Waals surface area contributed by atoms with Gasteiger partial charge in [0.25, 0.3) is 0 Å². The largest absolute Gasteiger partial charge is 0.367 e. The summed E-state index contributed by atoms with van der Waals surface area (Å²) in [6.07, 6.45) is 3.45. The first kappa shape index (κ1) is 24.8. The van der Waals surface area contributed by atoms with Crippen LogP contribution in [-0.4, -0.2) is 67.0 Å². The van der Waals surface area contributed by atoms with Gasteiger partial charge in [0.05, 0.1) is 12.6 Å². The summed E-state index contributed by atoms with van der Waals surface area (Å²) < 4.78 is 19.3. The van der Waals surface area contributed by atoms with Gasteiger partial charge in [-0.2, -0.15) is 0 Å². The molecule has 0 radical (unpaired) electrons. The van der Waals surface area contributed by atoms with E-state index >= 15 is 0 Å². The maximum atomic E-state index is 13.3. The van der Waals surface area contributed by atoms with Crippen LogP contribution in [0, 0.1) is 5.82 Å². The van der Waals surface area contributed by atoms with Crippen LogP contribution >= 0.6 is 24.0 Å². The number of halogens is 2. The molecule has 2 saturated heterocycles. The Balaban J connectivity index is 0.00000320. The second-order valence-corrected chi connectivity index (χ2v) is 7.91. The molecule has 2 fully saturated rings. The van der Waals surface area contributed by atoms with Gasteiger partial charge in [-0.3, -0.25) is 9.79 Å². The second kappa shape index (κ2) is 11.8. The third-order valence-corrected chi connectivity index (χ3v) is 5.80. The fourth-order valence-corrected chi connectivity index (χ4v) is 4.30. The average Bonchev–Trinajstić information content (AvgIpc) is 3.14. The van der Waals surface area contributed by atoms with Crippen molar-refractivity contribution in [2.45, 2.75) is 57.8 Å². The molecule has 30 heavy (non-hydrogen) atoms. The Morgan fingerprint density at radius 3 is 2.67 bits per heavy atom. The van der Waals surface area contributed by atoms with Crippen LogP contribution < -0.4 is 5.32 Å². The summed E-state index contributed by atoms with van der Waals surface area (Å²) >= 11 is 0. The first-order chi connectivity index (χ1) is 14.0. The number of carbonyl (C=O) groups is 1. The van der Waals surface area contributed by atoms with E-state index in [4.69, 9.17) is 4.74 Å². The zero-order chi connectivity index (χ0) is 20.8. The van der Waals surface area contributed by atoms with Gasteiger partial charge in [-0.1, -0.05) is 19.1 Å². The van der Waals surface area contributed by atoms with Crippen LogP contribution in [-0.2, 0) is 9.53 Å². The molecule has 168 valence electrons. The van der Waals surface area contributed by atoms with Gasteiger partial charge in [0.2, 0.25) is 5.91 Å². The number of aliphatic imine (C=N–C) groups is 1. The molecule has 3 unspecified atom stereocenters. The lowest BCUT2D eigenvalue weighted by molar-refractivity contribution is -0.129. The van der Waals surface area contributed by atoms with Crippen LogP contribution in [0.3, 0.4) is 0 Å². The molecule has 0 spiro atoms. The van der Waals surface area contributed by atoms with E-state index < -0.39 is 0 Å². The summed E-state index contributed by atoms with van der Waals surface area (Å²) in [5, 5.41) is 3.47. The highest BCUT2D eigenvalue weighted by atomic mass is 127. The molecule has 6 nitrogen and oxygen atoms in total. The number of nitrogens with one attached hydrogen (secondary N) is 1. The number of hydrogen-bond acceptors (Lipinski definition) is 3. The number of hydrogen-bond donors (Lipinski definition) is 1. The Labute approximate surface area is 196 Å². The van der Waals surface area contributed by atoms with Crippen LogP contribution in [0.4, 0.5) is 4.39 Å². The number of ether oxygens (including phenoxy) is 1. The van der Waals surface area contributed by atoms with E-state index in [1.807, 2.05) is 11.8 Å². The Bertz CT molecular complexity index is 716. The monoisotopic (exact) mass is 532 g/mol. The molecule has 3 rings (SSSR count). The third-order valence-electron chi connectivity index (χ3n) is 5.80. The molecule has 1 aromatic rings. The number of nitrogens with zero attached hydrogens (tertiary/aromatic N) is 3. The molecule has 3 atom stereocenters. The summed E-state index contributed by atoms with van der Waals surface area (Å²) in [5.74, 6) is 0.883. The standard InChI is InChI=1S/C22H33FN4O2.HI/c1-4-19(27-13-5-6-21(27)28)11-12-25-22(24-3)26-14-16(2)29-20(15-26)17-7-9-18(23)10-8-17;/h7-10,16,19-20H,4-6,11-15H2,1-3H3,(H,24,25);1H. The number of rotatable bonds is 6. The van der Waals surface area contributed by atoms with Gasteiger partial charge in [-0.05, 0) is 43.9 Å². The second-order valence-electron chi connectivity index (χ2n) is 7.91. The van der Waals surface area contributed by atoms with Crippen molar-refractivity contribution in [1.29, 1.82) is 0 Å². The number of carbonyl (C=O) groups excluding carboxylic acids is 1. The van der Waals surface area contributed by atoms with Crippen molar-refractivity contribution in [3.8, 4) is 0 Å².